The number of esters is 1. The number of benzene rings is 2. The van der Waals surface area contributed by atoms with Crippen LogP contribution in [-0.2, 0) is 17.7 Å². The van der Waals surface area contributed by atoms with Crippen molar-refractivity contribution in [3.63, 3.8) is 0 Å². The van der Waals surface area contributed by atoms with Gasteiger partial charge in [0.25, 0.3) is 0 Å². The lowest BCUT2D eigenvalue weighted by Crippen LogP contribution is -2.47. The third-order valence-electron chi connectivity index (χ3n) is 9.78. The van der Waals surface area contributed by atoms with Crippen molar-refractivity contribution in [2.45, 2.75) is 65.5 Å². The Bertz CT molecular complexity index is 2120. The highest BCUT2D eigenvalue weighted by atomic mass is 127. The van der Waals surface area contributed by atoms with Crippen LogP contribution in [0.3, 0.4) is 0 Å². The minimum Gasteiger partial charge on any atom is -0.462 e. The number of nitrogens with zero attached hydrogens (tertiary/aromatic N) is 7. The van der Waals surface area contributed by atoms with Gasteiger partial charge in [0.2, 0.25) is 11.4 Å². The minimum absolute atomic E-state index is 0.0402. The van der Waals surface area contributed by atoms with Gasteiger partial charge in [-0.05, 0) is 110 Å². The first-order chi connectivity index (χ1) is 24.2. The van der Waals surface area contributed by atoms with Gasteiger partial charge in [-0.3, -0.25) is 9.69 Å². The van der Waals surface area contributed by atoms with Crippen LogP contribution in [0.4, 0.5) is 21.7 Å². The molecule has 4 heterocycles. The molecule has 0 atom stereocenters. The first-order valence-corrected chi connectivity index (χ1v) is 18.6. The number of aromatic nitrogens is 5. The van der Waals surface area contributed by atoms with E-state index in [2.05, 4.69) is 84.3 Å². The molecule has 1 saturated heterocycles. The molecule has 2 aromatic carbocycles. The van der Waals surface area contributed by atoms with Crippen molar-refractivity contribution in [1.82, 2.24) is 29.0 Å². The van der Waals surface area contributed by atoms with Crippen molar-refractivity contribution in [2.75, 3.05) is 49.5 Å². The van der Waals surface area contributed by atoms with E-state index in [0.717, 1.165) is 78.8 Å². The fourth-order valence-electron chi connectivity index (χ4n) is 6.83. The van der Waals surface area contributed by atoms with Crippen LogP contribution in [0, 0.1) is 16.4 Å². The van der Waals surface area contributed by atoms with Gasteiger partial charge < -0.3 is 24.1 Å². The van der Waals surface area contributed by atoms with Crippen molar-refractivity contribution >= 4 is 68.0 Å². The topological polar surface area (TPSA) is 110 Å². The summed E-state index contributed by atoms with van der Waals surface area (Å²) in [6, 6.07) is 9.62. The number of ether oxygens (including phenoxy) is 1. The summed E-state index contributed by atoms with van der Waals surface area (Å²) in [4.78, 5) is 44.3. The lowest BCUT2D eigenvalue weighted by atomic mass is 10.1. The average Bonchev–Trinajstić information content (AvgIpc) is 3.87. The predicted molar refractivity (Wildman–Crippen MR) is 202 cm³/mol. The lowest BCUT2D eigenvalue weighted by molar-refractivity contribution is 0.0524. The maximum Gasteiger partial charge on any atom is 0.343 e. The molecule has 1 N–H and O–H groups in total. The van der Waals surface area contributed by atoms with Gasteiger partial charge in [-0.1, -0.05) is 13.0 Å². The number of imidazole rings is 1. The van der Waals surface area contributed by atoms with E-state index in [1.807, 2.05) is 10.9 Å². The Morgan fingerprint density at radius 3 is 2.58 bits per heavy atom. The van der Waals surface area contributed by atoms with Gasteiger partial charge in [0, 0.05) is 56.0 Å². The number of unbranched alkanes of at least 4 members (excludes halogenated alkanes) is 1. The molecular formula is C37H42FIN8O3. The number of carbonyl (C=O) groups excluding carboxylic acids is 1. The number of hydrogen-bond acceptors (Lipinski definition) is 9. The Morgan fingerprint density at radius 2 is 1.84 bits per heavy atom. The molecule has 7 rings (SSSR count). The van der Waals surface area contributed by atoms with Crippen molar-refractivity contribution in [2.24, 2.45) is 0 Å². The maximum absolute atomic E-state index is 15.6. The van der Waals surface area contributed by atoms with Crippen LogP contribution in [0.1, 0.15) is 67.1 Å². The molecule has 0 spiro atoms. The predicted octanol–water partition coefficient (Wildman–Crippen LogP) is 6.61. The molecule has 3 aromatic heterocycles. The van der Waals surface area contributed by atoms with E-state index in [1.54, 1.807) is 19.2 Å². The van der Waals surface area contributed by atoms with E-state index < -0.39 is 17.2 Å². The van der Waals surface area contributed by atoms with Gasteiger partial charge in [-0.15, -0.1) is 0 Å². The monoisotopic (exact) mass is 792 g/mol. The number of carbonyl (C=O) groups is 1. The Kier molecular flexibility index (Phi) is 10.0. The molecule has 2 aliphatic rings. The molecule has 50 heavy (non-hydrogen) atoms. The Hall–Kier alpha value is -4.11. The van der Waals surface area contributed by atoms with E-state index in [-0.39, 0.29) is 23.6 Å². The third kappa shape index (κ3) is 7.07. The molecule has 5 aromatic rings. The molecular weight excluding hydrogens is 750 g/mol. The fraction of sp³-hybridized carbons (Fsp3) is 0.432. The Morgan fingerprint density at radius 1 is 1.06 bits per heavy atom. The van der Waals surface area contributed by atoms with Gasteiger partial charge in [0.05, 0.1) is 24.1 Å². The second kappa shape index (κ2) is 14.6. The minimum atomic E-state index is -0.665. The molecule has 0 unspecified atom stereocenters. The number of nitrogens with one attached hydrogen (secondary N) is 1. The summed E-state index contributed by atoms with van der Waals surface area (Å²) >= 11 is 2.23. The first kappa shape index (κ1) is 34.3. The smallest absolute Gasteiger partial charge is 0.343 e. The van der Waals surface area contributed by atoms with E-state index in [0.29, 0.717) is 30.2 Å². The highest BCUT2D eigenvalue weighted by Gasteiger charge is 2.29. The summed E-state index contributed by atoms with van der Waals surface area (Å²) in [7, 11) is 0. The summed E-state index contributed by atoms with van der Waals surface area (Å²) in [5.41, 5.74) is 5.82. The van der Waals surface area contributed by atoms with Crippen LogP contribution in [0.25, 0.3) is 22.1 Å². The molecule has 13 heteroatoms. The molecule has 11 nitrogen and oxygen atoms in total. The molecule has 262 valence electrons. The molecule has 1 aliphatic heterocycles. The summed E-state index contributed by atoms with van der Waals surface area (Å²) in [5, 5.41) is 3.60. The second-order valence-corrected chi connectivity index (χ2v) is 14.2. The molecule has 2 fully saturated rings. The SMILES string of the molecule is CCOC(=O)c1cn(C2CC2)c2cc(N3CCN(CCCCn4cnc5c(I)nc(Nc6ccc(C)c(CC)c6)nc54)CC3)c(F)cc2c1=O. The fourth-order valence-corrected chi connectivity index (χ4v) is 7.44. The van der Waals surface area contributed by atoms with Gasteiger partial charge in [0.15, 0.2) is 5.65 Å². The van der Waals surface area contributed by atoms with Crippen LogP contribution in [-0.4, -0.2) is 74.3 Å². The molecule has 1 saturated carbocycles. The van der Waals surface area contributed by atoms with E-state index in [9.17, 15) is 9.59 Å². The summed E-state index contributed by atoms with van der Waals surface area (Å²) in [6.45, 7) is 10.9. The van der Waals surface area contributed by atoms with Crippen LogP contribution < -0.4 is 15.6 Å². The van der Waals surface area contributed by atoms with E-state index in [1.165, 1.54) is 17.2 Å². The number of anilines is 3. The van der Waals surface area contributed by atoms with Gasteiger partial charge >= 0.3 is 5.97 Å². The molecule has 0 amide bonds. The van der Waals surface area contributed by atoms with Crippen molar-refractivity contribution in [3.05, 3.63) is 79.3 Å². The molecule has 0 bridgehead atoms. The zero-order valence-electron chi connectivity index (χ0n) is 28.7. The van der Waals surface area contributed by atoms with Crippen LogP contribution in [0.15, 0.2) is 47.7 Å². The number of rotatable bonds is 12. The number of fused-ring (bicyclic) bond motifs is 2. The highest BCUT2D eigenvalue weighted by molar-refractivity contribution is 14.1. The largest absolute Gasteiger partial charge is 0.462 e. The third-order valence-corrected chi connectivity index (χ3v) is 10.5. The zero-order chi connectivity index (χ0) is 34.9. The Labute approximate surface area is 304 Å². The number of piperazine rings is 1. The lowest BCUT2D eigenvalue weighted by Gasteiger charge is -2.36. The van der Waals surface area contributed by atoms with Crippen LogP contribution in [0.2, 0.25) is 0 Å². The number of pyridine rings is 1. The number of aryl methyl sites for hydroxylation is 3. The van der Waals surface area contributed by atoms with Gasteiger partial charge in [0.1, 0.15) is 20.6 Å². The number of halogens is 2. The van der Waals surface area contributed by atoms with Crippen molar-refractivity contribution in [3.8, 4) is 0 Å². The van der Waals surface area contributed by atoms with Crippen LogP contribution in [0.5, 0.6) is 0 Å². The van der Waals surface area contributed by atoms with Crippen molar-refractivity contribution in [1.29, 1.82) is 0 Å². The maximum atomic E-state index is 15.6. The summed E-state index contributed by atoms with van der Waals surface area (Å²) in [5.74, 6) is -0.546. The van der Waals surface area contributed by atoms with Gasteiger partial charge in [-0.25, -0.2) is 19.2 Å². The van der Waals surface area contributed by atoms with E-state index >= 15 is 4.39 Å². The van der Waals surface area contributed by atoms with Crippen LogP contribution >= 0.6 is 22.6 Å². The standard InChI is InChI=1S/C37H42FIN8O3/c1-4-24-18-25(9-8-23(24)3)41-37-42-34(39)32-35(43-37)46(22-40-32)13-7-6-12-44-14-16-45(17-15-44)31-20-30-27(19-29(31)38)33(48)28(36(49)50-5-2)21-47(30)26-10-11-26/h8-9,18-22,26H,4-7,10-17H2,1-3H3,(H,41,42,43). The normalized spacial score (nSPS) is 15.3. The van der Waals surface area contributed by atoms with Crippen molar-refractivity contribution < 1.29 is 13.9 Å². The van der Waals surface area contributed by atoms with Gasteiger partial charge in [-0.2, -0.15) is 4.98 Å². The molecule has 0 radical (unpaired) electrons. The van der Waals surface area contributed by atoms with E-state index in [4.69, 9.17) is 9.72 Å². The zero-order valence-corrected chi connectivity index (χ0v) is 30.9. The quantitative estimate of drug-likeness (QED) is 0.0646. The average molecular weight is 793 g/mol. The summed E-state index contributed by atoms with van der Waals surface area (Å²) in [6.07, 6.45) is 8.32. The Balaban J connectivity index is 0.964. The number of hydrogen-bond donors (Lipinski definition) is 1. The molecule has 1 aliphatic carbocycles. The first-order valence-electron chi connectivity index (χ1n) is 17.5. The summed E-state index contributed by atoms with van der Waals surface area (Å²) < 4.78 is 25.6. The second-order valence-electron chi connectivity index (χ2n) is 13.2. The highest BCUT2D eigenvalue weighted by Crippen LogP contribution is 2.38.